The van der Waals surface area contributed by atoms with Crippen LogP contribution in [0.5, 0.6) is 11.5 Å². The number of benzene rings is 4. The van der Waals surface area contributed by atoms with Crippen LogP contribution in [0.15, 0.2) is 109 Å². The maximum Gasteiger partial charge on any atom is 0.130 e. The standard InChI is InChI=1S/C23H24O.C7H8/c1-18(2)21-13-7-9-15-23(21)24-22-14-8-6-12-20(22)17-16-19-10-4-3-5-11-19;1-7-5-3-2-4-6-7/h3-15,18H,16-17H2,1-2H3;2-6H,1H3. The lowest BCUT2D eigenvalue weighted by molar-refractivity contribution is 0.467. The minimum Gasteiger partial charge on any atom is -0.457 e. The molecule has 0 bridgehead atoms. The van der Waals surface area contributed by atoms with Crippen LogP contribution >= 0.6 is 0 Å². The summed E-state index contributed by atoms with van der Waals surface area (Å²) in [5, 5.41) is 0. The zero-order valence-corrected chi connectivity index (χ0v) is 18.8. The average Bonchev–Trinajstić information content (AvgIpc) is 2.80. The summed E-state index contributed by atoms with van der Waals surface area (Å²) in [6.07, 6.45) is 2.00. The Balaban J connectivity index is 0.000000330. The summed E-state index contributed by atoms with van der Waals surface area (Å²) < 4.78 is 6.29. The van der Waals surface area contributed by atoms with Crippen molar-refractivity contribution < 1.29 is 4.74 Å². The molecule has 0 atom stereocenters. The van der Waals surface area contributed by atoms with E-state index in [1.807, 2.05) is 30.3 Å². The number of ether oxygens (including phenoxy) is 1. The van der Waals surface area contributed by atoms with Gasteiger partial charge in [0.05, 0.1) is 0 Å². The van der Waals surface area contributed by atoms with E-state index in [1.165, 1.54) is 22.3 Å². The number of hydrogen-bond acceptors (Lipinski definition) is 1. The zero-order chi connectivity index (χ0) is 21.9. The Bertz CT molecular complexity index is 1040. The van der Waals surface area contributed by atoms with E-state index in [-0.39, 0.29) is 0 Å². The van der Waals surface area contributed by atoms with Crippen LogP contribution in [0.2, 0.25) is 0 Å². The zero-order valence-electron chi connectivity index (χ0n) is 18.8. The van der Waals surface area contributed by atoms with Crippen molar-refractivity contribution in [3.63, 3.8) is 0 Å². The van der Waals surface area contributed by atoms with Crippen LogP contribution in [0.4, 0.5) is 0 Å². The molecule has 0 saturated heterocycles. The molecule has 0 N–H and O–H groups in total. The van der Waals surface area contributed by atoms with Gasteiger partial charge in [-0.15, -0.1) is 0 Å². The van der Waals surface area contributed by atoms with Gasteiger partial charge in [-0.1, -0.05) is 116 Å². The molecule has 4 aromatic carbocycles. The highest BCUT2D eigenvalue weighted by Gasteiger charge is 2.10. The summed E-state index contributed by atoms with van der Waals surface area (Å²) in [7, 11) is 0. The molecule has 31 heavy (non-hydrogen) atoms. The van der Waals surface area contributed by atoms with Gasteiger partial charge in [0, 0.05) is 0 Å². The molecule has 0 saturated carbocycles. The third-order valence-electron chi connectivity index (χ3n) is 5.20. The van der Waals surface area contributed by atoms with Gasteiger partial charge in [-0.3, -0.25) is 0 Å². The highest BCUT2D eigenvalue weighted by molar-refractivity contribution is 5.42. The van der Waals surface area contributed by atoms with Gasteiger partial charge >= 0.3 is 0 Å². The van der Waals surface area contributed by atoms with Crippen LogP contribution in [-0.2, 0) is 12.8 Å². The van der Waals surface area contributed by atoms with Gasteiger partial charge in [-0.25, -0.2) is 0 Å². The Morgan fingerprint density at radius 1 is 0.581 bits per heavy atom. The smallest absolute Gasteiger partial charge is 0.130 e. The highest BCUT2D eigenvalue weighted by atomic mass is 16.5. The van der Waals surface area contributed by atoms with Crippen molar-refractivity contribution in [3.05, 3.63) is 131 Å². The van der Waals surface area contributed by atoms with E-state index >= 15 is 0 Å². The first kappa shape index (κ1) is 22.4. The summed E-state index contributed by atoms with van der Waals surface area (Å²) in [6.45, 7) is 6.48. The van der Waals surface area contributed by atoms with Crippen LogP contribution in [0.3, 0.4) is 0 Å². The van der Waals surface area contributed by atoms with Crippen molar-refractivity contribution >= 4 is 0 Å². The van der Waals surface area contributed by atoms with E-state index in [2.05, 4.69) is 99.6 Å². The summed E-state index contributed by atoms with van der Waals surface area (Å²) in [4.78, 5) is 0. The molecule has 0 fully saturated rings. The largest absolute Gasteiger partial charge is 0.457 e. The van der Waals surface area contributed by atoms with E-state index in [9.17, 15) is 0 Å². The van der Waals surface area contributed by atoms with Crippen molar-refractivity contribution in [1.82, 2.24) is 0 Å². The fourth-order valence-corrected chi connectivity index (χ4v) is 3.44. The van der Waals surface area contributed by atoms with Gasteiger partial charge in [-0.2, -0.15) is 0 Å². The fourth-order valence-electron chi connectivity index (χ4n) is 3.44. The number of rotatable bonds is 6. The topological polar surface area (TPSA) is 9.23 Å². The summed E-state index contributed by atoms with van der Waals surface area (Å²) in [6, 6.07) is 37.5. The van der Waals surface area contributed by atoms with Gasteiger partial charge in [0.15, 0.2) is 0 Å². The minimum absolute atomic E-state index is 0.442. The van der Waals surface area contributed by atoms with E-state index in [0.717, 1.165) is 24.3 Å². The second-order valence-corrected chi connectivity index (χ2v) is 8.04. The molecule has 0 unspecified atom stereocenters. The Hall–Kier alpha value is -3.32. The van der Waals surface area contributed by atoms with Crippen LogP contribution in [0, 0.1) is 6.92 Å². The van der Waals surface area contributed by atoms with E-state index < -0.39 is 0 Å². The molecule has 158 valence electrons. The number of aryl methyl sites for hydroxylation is 3. The molecule has 0 amide bonds. The lowest BCUT2D eigenvalue weighted by atomic mass is 10.0. The highest BCUT2D eigenvalue weighted by Crippen LogP contribution is 2.32. The average molecular weight is 409 g/mol. The molecular formula is C30H32O. The maximum atomic E-state index is 6.29. The van der Waals surface area contributed by atoms with E-state index in [1.54, 1.807) is 0 Å². The van der Waals surface area contributed by atoms with Crippen molar-refractivity contribution in [2.45, 2.75) is 39.5 Å². The molecule has 0 aliphatic heterocycles. The van der Waals surface area contributed by atoms with E-state index in [4.69, 9.17) is 4.74 Å². The quantitative estimate of drug-likeness (QED) is 0.311. The minimum atomic E-state index is 0.442. The van der Waals surface area contributed by atoms with Crippen LogP contribution in [-0.4, -0.2) is 0 Å². The molecule has 0 heterocycles. The Morgan fingerprint density at radius 3 is 1.74 bits per heavy atom. The molecule has 0 aromatic heterocycles. The first-order valence-corrected chi connectivity index (χ1v) is 11.0. The summed E-state index contributed by atoms with van der Waals surface area (Å²) >= 11 is 0. The lowest BCUT2D eigenvalue weighted by Gasteiger charge is -2.16. The Morgan fingerprint density at radius 2 is 1.13 bits per heavy atom. The van der Waals surface area contributed by atoms with E-state index in [0.29, 0.717) is 5.92 Å². The third-order valence-corrected chi connectivity index (χ3v) is 5.20. The molecule has 1 heteroatoms. The summed E-state index contributed by atoms with van der Waals surface area (Å²) in [5.41, 5.74) is 5.17. The number of hydrogen-bond donors (Lipinski definition) is 0. The first-order chi connectivity index (χ1) is 15.1. The Labute approximate surface area is 187 Å². The van der Waals surface area contributed by atoms with Crippen LogP contribution in [0.25, 0.3) is 0 Å². The summed E-state index contributed by atoms with van der Waals surface area (Å²) in [5.74, 6) is 2.36. The second-order valence-electron chi connectivity index (χ2n) is 8.04. The van der Waals surface area contributed by atoms with Crippen molar-refractivity contribution in [3.8, 4) is 11.5 Å². The predicted octanol–water partition coefficient (Wildman–Crippen LogP) is 8.38. The van der Waals surface area contributed by atoms with Gasteiger partial charge in [0.2, 0.25) is 0 Å². The maximum absolute atomic E-state index is 6.29. The molecule has 0 spiro atoms. The van der Waals surface area contributed by atoms with Gasteiger partial charge in [0.1, 0.15) is 11.5 Å². The fraction of sp³-hybridized carbons (Fsp3) is 0.200. The van der Waals surface area contributed by atoms with Crippen LogP contribution < -0.4 is 4.74 Å². The molecular weight excluding hydrogens is 376 g/mol. The van der Waals surface area contributed by atoms with Gasteiger partial charge < -0.3 is 4.74 Å². The first-order valence-electron chi connectivity index (χ1n) is 11.0. The molecule has 0 radical (unpaired) electrons. The monoisotopic (exact) mass is 408 g/mol. The molecule has 4 rings (SSSR count). The number of para-hydroxylation sites is 2. The molecule has 1 nitrogen and oxygen atoms in total. The predicted molar refractivity (Wildman–Crippen MR) is 132 cm³/mol. The normalized spacial score (nSPS) is 10.3. The molecule has 0 aliphatic rings. The van der Waals surface area contributed by atoms with Crippen LogP contribution in [0.1, 0.15) is 42.0 Å². The Kier molecular flexibility index (Phi) is 8.48. The third kappa shape index (κ3) is 7.15. The second kappa shape index (κ2) is 11.8. The van der Waals surface area contributed by atoms with Crippen molar-refractivity contribution in [2.75, 3.05) is 0 Å². The van der Waals surface area contributed by atoms with Gasteiger partial charge in [-0.05, 0) is 54.5 Å². The van der Waals surface area contributed by atoms with Gasteiger partial charge in [0.25, 0.3) is 0 Å². The molecule has 0 aliphatic carbocycles. The SMILES string of the molecule is CC(C)c1ccccc1Oc1ccccc1CCc1ccccc1.Cc1ccccc1. The van der Waals surface area contributed by atoms with Crippen molar-refractivity contribution in [2.24, 2.45) is 0 Å². The molecule has 4 aromatic rings. The van der Waals surface area contributed by atoms with Crippen molar-refractivity contribution in [1.29, 1.82) is 0 Å². The lowest BCUT2D eigenvalue weighted by Crippen LogP contribution is -1.98.